The van der Waals surface area contributed by atoms with E-state index in [9.17, 15) is 14.4 Å². The molecule has 0 fully saturated rings. The van der Waals surface area contributed by atoms with Gasteiger partial charge in [-0.15, -0.1) is 0 Å². The van der Waals surface area contributed by atoms with Gasteiger partial charge in [0.2, 0.25) is 5.91 Å². The number of hydrogen-bond donors (Lipinski definition) is 4. The SMILES string of the molecule is CC(C)CC(NC(=O)NC(C)CC(N)=O)C(=O)O. The van der Waals surface area contributed by atoms with Gasteiger partial charge in [-0.3, -0.25) is 4.79 Å². The monoisotopic (exact) mass is 259 g/mol. The van der Waals surface area contributed by atoms with E-state index in [1.54, 1.807) is 6.92 Å². The second-order valence-electron chi connectivity index (χ2n) is 4.71. The van der Waals surface area contributed by atoms with Crippen LogP contribution >= 0.6 is 0 Å². The highest BCUT2D eigenvalue weighted by Gasteiger charge is 2.21. The quantitative estimate of drug-likeness (QED) is 0.516. The van der Waals surface area contributed by atoms with E-state index in [0.29, 0.717) is 6.42 Å². The summed E-state index contributed by atoms with van der Waals surface area (Å²) in [4.78, 5) is 33.0. The zero-order chi connectivity index (χ0) is 14.3. The number of carbonyl (C=O) groups is 3. The molecule has 0 aromatic carbocycles. The Labute approximate surface area is 106 Å². The number of nitrogens with two attached hydrogens (primary N) is 1. The maximum Gasteiger partial charge on any atom is 0.326 e. The Morgan fingerprint density at radius 1 is 1.17 bits per heavy atom. The van der Waals surface area contributed by atoms with Crippen LogP contribution in [-0.2, 0) is 9.59 Å². The number of nitrogens with one attached hydrogen (secondary N) is 2. The highest BCUT2D eigenvalue weighted by molar-refractivity contribution is 5.83. The number of carbonyl (C=O) groups excluding carboxylic acids is 2. The summed E-state index contributed by atoms with van der Waals surface area (Å²) < 4.78 is 0. The molecule has 0 saturated heterocycles. The van der Waals surface area contributed by atoms with Crippen molar-refractivity contribution in [2.24, 2.45) is 11.7 Å². The fraction of sp³-hybridized carbons (Fsp3) is 0.727. The van der Waals surface area contributed by atoms with Crippen LogP contribution in [0.3, 0.4) is 0 Å². The summed E-state index contributed by atoms with van der Waals surface area (Å²) in [5, 5.41) is 13.7. The maximum absolute atomic E-state index is 11.5. The third-order valence-corrected chi connectivity index (χ3v) is 2.20. The molecule has 0 heterocycles. The van der Waals surface area contributed by atoms with Gasteiger partial charge in [-0.2, -0.15) is 0 Å². The molecule has 0 spiro atoms. The molecule has 0 aromatic rings. The standard InChI is InChI=1S/C11H21N3O4/c1-6(2)4-8(10(16)17)14-11(18)13-7(3)5-9(12)15/h6-8H,4-5H2,1-3H3,(H2,12,15)(H,16,17)(H2,13,14,18). The van der Waals surface area contributed by atoms with Crippen molar-refractivity contribution in [2.75, 3.05) is 0 Å². The Hall–Kier alpha value is -1.79. The minimum Gasteiger partial charge on any atom is -0.480 e. The zero-order valence-electron chi connectivity index (χ0n) is 10.9. The van der Waals surface area contributed by atoms with Crippen LogP contribution in [0.15, 0.2) is 0 Å². The molecule has 0 aliphatic rings. The highest BCUT2D eigenvalue weighted by atomic mass is 16.4. The number of amides is 3. The Morgan fingerprint density at radius 3 is 2.11 bits per heavy atom. The second kappa shape index (κ2) is 7.52. The van der Waals surface area contributed by atoms with E-state index in [-0.39, 0.29) is 12.3 Å². The molecule has 7 heteroatoms. The predicted molar refractivity (Wildman–Crippen MR) is 65.8 cm³/mol. The lowest BCUT2D eigenvalue weighted by molar-refractivity contribution is -0.139. The molecule has 0 aliphatic heterocycles. The van der Waals surface area contributed by atoms with E-state index >= 15 is 0 Å². The van der Waals surface area contributed by atoms with Gasteiger partial charge >= 0.3 is 12.0 Å². The molecule has 0 rings (SSSR count). The van der Waals surface area contributed by atoms with Crippen molar-refractivity contribution < 1.29 is 19.5 Å². The smallest absolute Gasteiger partial charge is 0.326 e. The summed E-state index contributed by atoms with van der Waals surface area (Å²) in [6.07, 6.45) is 0.349. The molecule has 5 N–H and O–H groups in total. The summed E-state index contributed by atoms with van der Waals surface area (Å²) in [6.45, 7) is 5.35. The average Bonchev–Trinajstić information content (AvgIpc) is 2.13. The molecule has 0 aromatic heterocycles. The van der Waals surface area contributed by atoms with Gasteiger partial charge in [0.15, 0.2) is 0 Å². The van der Waals surface area contributed by atoms with Gasteiger partial charge < -0.3 is 21.5 Å². The third-order valence-electron chi connectivity index (χ3n) is 2.20. The molecular formula is C11H21N3O4. The molecule has 2 unspecified atom stereocenters. The van der Waals surface area contributed by atoms with Gasteiger partial charge in [0.05, 0.1) is 0 Å². The molecule has 104 valence electrons. The molecule has 7 nitrogen and oxygen atoms in total. The fourth-order valence-corrected chi connectivity index (χ4v) is 1.47. The summed E-state index contributed by atoms with van der Waals surface area (Å²) in [5.74, 6) is -1.46. The molecule has 2 atom stereocenters. The van der Waals surface area contributed by atoms with Crippen molar-refractivity contribution in [1.82, 2.24) is 10.6 Å². The van der Waals surface area contributed by atoms with Gasteiger partial charge in [0, 0.05) is 12.5 Å². The lowest BCUT2D eigenvalue weighted by atomic mass is 10.0. The van der Waals surface area contributed by atoms with Crippen molar-refractivity contribution in [1.29, 1.82) is 0 Å². The maximum atomic E-state index is 11.5. The fourth-order valence-electron chi connectivity index (χ4n) is 1.47. The summed E-state index contributed by atoms with van der Waals surface area (Å²) in [7, 11) is 0. The average molecular weight is 259 g/mol. The van der Waals surface area contributed by atoms with Gasteiger partial charge in [-0.25, -0.2) is 9.59 Å². The molecule has 3 amide bonds. The number of carboxylic acid groups (broad SMARTS) is 1. The topological polar surface area (TPSA) is 122 Å². The number of carboxylic acids is 1. The summed E-state index contributed by atoms with van der Waals surface area (Å²) in [5.41, 5.74) is 4.98. The van der Waals surface area contributed by atoms with Gasteiger partial charge in [0.1, 0.15) is 6.04 Å². The van der Waals surface area contributed by atoms with Crippen LogP contribution in [0, 0.1) is 5.92 Å². The molecular weight excluding hydrogens is 238 g/mol. The summed E-state index contributed by atoms with van der Waals surface area (Å²) in [6, 6.07) is -1.99. The minimum absolute atomic E-state index is 0.00926. The Morgan fingerprint density at radius 2 is 1.72 bits per heavy atom. The van der Waals surface area contributed by atoms with E-state index < -0.39 is 30.0 Å². The van der Waals surface area contributed by atoms with Gasteiger partial charge in [-0.05, 0) is 19.3 Å². The molecule has 0 bridgehead atoms. The van der Waals surface area contributed by atoms with Gasteiger partial charge in [0.25, 0.3) is 0 Å². The normalized spacial score (nSPS) is 13.8. The Bertz CT molecular complexity index is 317. The van der Waals surface area contributed by atoms with Crippen molar-refractivity contribution in [3.8, 4) is 0 Å². The van der Waals surface area contributed by atoms with E-state index in [1.165, 1.54) is 0 Å². The van der Waals surface area contributed by atoms with Crippen molar-refractivity contribution in [2.45, 2.75) is 45.7 Å². The van der Waals surface area contributed by atoms with Crippen molar-refractivity contribution in [3.63, 3.8) is 0 Å². The van der Waals surface area contributed by atoms with E-state index in [1.807, 2.05) is 13.8 Å². The Balaban J connectivity index is 4.25. The third kappa shape index (κ3) is 7.48. The minimum atomic E-state index is -1.08. The molecule has 0 radical (unpaired) electrons. The van der Waals surface area contributed by atoms with Gasteiger partial charge in [-0.1, -0.05) is 13.8 Å². The Kier molecular flexibility index (Phi) is 6.77. The van der Waals surface area contributed by atoms with Crippen LogP contribution in [-0.4, -0.2) is 35.1 Å². The zero-order valence-corrected chi connectivity index (χ0v) is 10.9. The first-order valence-electron chi connectivity index (χ1n) is 5.80. The van der Waals surface area contributed by atoms with Crippen molar-refractivity contribution in [3.05, 3.63) is 0 Å². The second-order valence-corrected chi connectivity index (χ2v) is 4.71. The van der Waals surface area contributed by atoms with E-state index in [2.05, 4.69) is 10.6 Å². The number of hydrogen-bond acceptors (Lipinski definition) is 3. The number of aliphatic carboxylic acids is 1. The van der Waals surface area contributed by atoms with Crippen LogP contribution in [0.25, 0.3) is 0 Å². The number of primary amides is 1. The predicted octanol–water partition coefficient (Wildman–Crippen LogP) is 0.0488. The first-order chi connectivity index (χ1) is 8.22. The molecule has 0 aliphatic carbocycles. The summed E-state index contributed by atoms with van der Waals surface area (Å²) >= 11 is 0. The van der Waals surface area contributed by atoms with Crippen molar-refractivity contribution >= 4 is 17.9 Å². The molecule has 0 saturated carbocycles. The number of urea groups is 1. The van der Waals surface area contributed by atoms with Crippen LogP contribution < -0.4 is 16.4 Å². The lowest BCUT2D eigenvalue weighted by Crippen LogP contribution is -2.49. The van der Waals surface area contributed by atoms with Crippen LogP contribution in [0.2, 0.25) is 0 Å². The highest BCUT2D eigenvalue weighted by Crippen LogP contribution is 2.04. The molecule has 18 heavy (non-hydrogen) atoms. The van der Waals surface area contributed by atoms with Crippen LogP contribution in [0.4, 0.5) is 4.79 Å². The number of rotatable bonds is 7. The van der Waals surface area contributed by atoms with Crippen LogP contribution in [0.1, 0.15) is 33.6 Å². The first kappa shape index (κ1) is 16.2. The largest absolute Gasteiger partial charge is 0.480 e. The lowest BCUT2D eigenvalue weighted by Gasteiger charge is -2.18. The van der Waals surface area contributed by atoms with Crippen LogP contribution in [0.5, 0.6) is 0 Å². The first-order valence-corrected chi connectivity index (χ1v) is 5.80. The van der Waals surface area contributed by atoms with E-state index in [4.69, 9.17) is 10.8 Å². The van der Waals surface area contributed by atoms with E-state index in [0.717, 1.165) is 0 Å².